The van der Waals surface area contributed by atoms with E-state index in [0.29, 0.717) is 32.1 Å². The second-order valence-electron chi connectivity index (χ2n) is 7.68. The Bertz CT molecular complexity index is 832. The van der Waals surface area contributed by atoms with Gasteiger partial charge in [-0.3, -0.25) is 4.90 Å². The summed E-state index contributed by atoms with van der Waals surface area (Å²) in [5, 5.41) is 22.0. The van der Waals surface area contributed by atoms with Gasteiger partial charge in [0.1, 0.15) is 0 Å². The number of nitrogens with zero attached hydrogens (tertiary/aromatic N) is 2. The maximum absolute atomic E-state index is 12.9. The van der Waals surface area contributed by atoms with Crippen LogP contribution in [0.15, 0.2) is 57.2 Å². The summed E-state index contributed by atoms with van der Waals surface area (Å²) in [6.45, 7) is 3.49. The number of aliphatic hydroxyl groups excluding tert-OH is 1. The van der Waals surface area contributed by atoms with Crippen LogP contribution in [0.5, 0.6) is 0 Å². The number of quaternary nitrogens is 1. The summed E-state index contributed by atoms with van der Waals surface area (Å²) in [5.41, 5.74) is 2.79. The van der Waals surface area contributed by atoms with Gasteiger partial charge in [0.05, 0.1) is 19.6 Å². The molecule has 2 aromatic rings. The number of halogens is 1. The minimum absolute atomic E-state index is 0. The number of thioether (sulfide) groups is 1. The standard InChI is InChI=1S/C22H28N2O2S2.ClH.H2O/c1-27-18-7-8-22-19(16-18)20(15-17-5-2-3-6-21(17)28-22)23-9-12-24(26,13-10-23)11-4-14-25;;/h2-3,5-8,16,20,25H,4,9-15H2,1H3;1H;1H2. The van der Waals surface area contributed by atoms with Gasteiger partial charge in [0.2, 0.25) is 0 Å². The lowest BCUT2D eigenvalue weighted by molar-refractivity contribution is -0.885. The Labute approximate surface area is 193 Å². The van der Waals surface area contributed by atoms with Crippen LogP contribution in [0.2, 0.25) is 0 Å². The molecule has 2 aliphatic heterocycles. The van der Waals surface area contributed by atoms with E-state index >= 15 is 0 Å². The van der Waals surface area contributed by atoms with Gasteiger partial charge in [-0.15, -0.1) is 24.2 Å². The molecule has 5 nitrogen and oxygen atoms in total. The molecule has 4 rings (SSSR count). The molecular formula is C22H31ClN2O3S2. The fraction of sp³-hybridized carbons (Fsp3) is 0.455. The molecule has 0 bridgehead atoms. The van der Waals surface area contributed by atoms with Gasteiger partial charge < -0.3 is 20.4 Å². The zero-order valence-corrected chi connectivity index (χ0v) is 19.7. The molecule has 0 spiro atoms. The Hall–Kier alpha value is -0.770. The predicted molar refractivity (Wildman–Crippen MR) is 128 cm³/mol. The molecule has 2 aromatic carbocycles. The first-order valence-electron chi connectivity index (χ1n) is 9.97. The van der Waals surface area contributed by atoms with Gasteiger partial charge in [0.25, 0.3) is 0 Å². The molecule has 1 fully saturated rings. The highest BCUT2D eigenvalue weighted by Gasteiger charge is 2.33. The Morgan fingerprint density at radius 2 is 1.90 bits per heavy atom. The molecule has 0 amide bonds. The van der Waals surface area contributed by atoms with Crippen LogP contribution in [0.25, 0.3) is 0 Å². The number of rotatable bonds is 5. The summed E-state index contributed by atoms with van der Waals surface area (Å²) in [4.78, 5) is 6.49. The molecule has 0 aliphatic carbocycles. The van der Waals surface area contributed by atoms with E-state index in [-0.39, 0.29) is 29.1 Å². The van der Waals surface area contributed by atoms with Crippen LogP contribution in [0.1, 0.15) is 23.6 Å². The fourth-order valence-electron chi connectivity index (χ4n) is 4.28. The predicted octanol–water partition coefficient (Wildman–Crippen LogP) is 3.77. The Balaban J connectivity index is 0.00000160. The van der Waals surface area contributed by atoms with Gasteiger partial charge in [0, 0.05) is 46.8 Å². The van der Waals surface area contributed by atoms with Gasteiger partial charge in [-0.2, -0.15) is 0 Å². The summed E-state index contributed by atoms with van der Waals surface area (Å²) >= 11 is 3.66. The van der Waals surface area contributed by atoms with E-state index in [9.17, 15) is 5.21 Å². The van der Waals surface area contributed by atoms with E-state index in [4.69, 9.17) is 5.11 Å². The van der Waals surface area contributed by atoms with Crippen molar-refractivity contribution in [1.82, 2.24) is 4.90 Å². The monoisotopic (exact) mass is 470 g/mol. The van der Waals surface area contributed by atoms with Crippen LogP contribution in [-0.2, 0) is 6.42 Å². The van der Waals surface area contributed by atoms with E-state index in [1.807, 2.05) is 11.8 Å². The van der Waals surface area contributed by atoms with E-state index in [2.05, 4.69) is 53.6 Å². The number of aliphatic hydroxyl groups is 1. The number of piperazine rings is 1. The van der Waals surface area contributed by atoms with Gasteiger partial charge >= 0.3 is 0 Å². The van der Waals surface area contributed by atoms with Crippen molar-refractivity contribution in [3.05, 3.63) is 58.8 Å². The van der Waals surface area contributed by atoms with Gasteiger partial charge in [-0.25, -0.2) is 0 Å². The molecule has 3 N–H and O–H groups in total. The van der Waals surface area contributed by atoms with Crippen LogP contribution >= 0.6 is 35.9 Å². The molecule has 8 heteroatoms. The van der Waals surface area contributed by atoms with E-state index < -0.39 is 0 Å². The molecular weight excluding hydrogens is 440 g/mol. The van der Waals surface area contributed by atoms with E-state index in [1.54, 1.807) is 11.8 Å². The third kappa shape index (κ3) is 5.53. The molecule has 0 radical (unpaired) electrons. The van der Waals surface area contributed by atoms with Crippen molar-refractivity contribution in [2.24, 2.45) is 0 Å². The summed E-state index contributed by atoms with van der Waals surface area (Å²) in [6, 6.07) is 15.9. The maximum Gasteiger partial charge on any atom is 0.0913 e. The van der Waals surface area contributed by atoms with Crippen molar-refractivity contribution in [1.29, 1.82) is 0 Å². The van der Waals surface area contributed by atoms with E-state index in [1.165, 1.54) is 25.8 Å². The quantitative estimate of drug-likeness (QED) is 0.409. The van der Waals surface area contributed by atoms with Crippen LogP contribution in [0.3, 0.4) is 0 Å². The highest BCUT2D eigenvalue weighted by Crippen LogP contribution is 2.44. The SMILES string of the molecule is CSc1ccc2c(c1)C(N1CC[N+]([O-])(CCCO)CC1)Cc1ccccc1S2.Cl.O. The molecule has 1 atom stereocenters. The number of hydroxylamine groups is 3. The zero-order chi connectivity index (χ0) is 19.6. The smallest absolute Gasteiger partial charge is 0.0913 e. The van der Waals surface area contributed by atoms with Gasteiger partial charge in [-0.1, -0.05) is 30.0 Å². The topological polar surface area (TPSA) is 78.0 Å². The third-order valence-electron chi connectivity index (χ3n) is 5.94. The van der Waals surface area contributed by atoms with Crippen LogP contribution < -0.4 is 0 Å². The van der Waals surface area contributed by atoms with Crippen molar-refractivity contribution in [3.63, 3.8) is 0 Å². The minimum atomic E-state index is -0.160. The second-order valence-corrected chi connectivity index (χ2v) is 9.64. The molecule has 30 heavy (non-hydrogen) atoms. The normalized spacial score (nSPS) is 20.2. The molecule has 2 heterocycles. The van der Waals surface area contributed by atoms with Gasteiger partial charge in [-0.05, 0) is 48.1 Å². The third-order valence-corrected chi connectivity index (χ3v) is 7.87. The lowest BCUT2D eigenvalue weighted by Crippen LogP contribution is -2.57. The van der Waals surface area contributed by atoms with Crippen molar-refractivity contribution < 1.29 is 15.2 Å². The van der Waals surface area contributed by atoms with Crippen LogP contribution in [-0.4, -0.2) is 65.7 Å². The van der Waals surface area contributed by atoms with Crippen molar-refractivity contribution in [3.8, 4) is 0 Å². The fourth-order valence-corrected chi connectivity index (χ4v) is 5.84. The first-order chi connectivity index (χ1) is 13.6. The van der Waals surface area contributed by atoms with Crippen molar-refractivity contribution in [2.75, 3.05) is 45.6 Å². The Morgan fingerprint density at radius 1 is 1.17 bits per heavy atom. The average Bonchev–Trinajstić information content (AvgIpc) is 2.89. The average molecular weight is 471 g/mol. The van der Waals surface area contributed by atoms with Crippen molar-refractivity contribution in [2.45, 2.75) is 33.6 Å². The van der Waals surface area contributed by atoms with Crippen LogP contribution in [0, 0.1) is 5.21 Å². The largest absolute Gasteiger partial charge is 0.633 e. The molecule has 0 saturated carbocycles. The van der Waals surface area contributed by atoms with Gasteiger partial charge in [0.15, 0.2) is 0 Å². The number of benzene rings is 2. The number of hydrogen-bond acceptors (Lipinski definition) is 5. The highest BCUT2D eigenvalue weighted by molar-refractivity contribution is 7.99. The lowest BCUT2D eigenvalue weighted by atomic mass is 9.96. The second kappa shape index (κ2) is 11.2. The molecule has 0 aromatic heterocycles. The number of fused-ring (bicyclic) bond motifs is 2. The highest BCUT2D eigenvalue weighted by atomic mass is 35.5. The Morgan fingerprint density at radius 3 is 2.60 bits per heavy atom. The summed E-state index contributed by atoms with van der Waals surface area (Å²) in [6.07, 6.45) is 3.71. The zero-order valence-electron chi connectivity index (χ0n) is 17.3. The molecule has 2 aliphatic rings. The molecule has 166 valence electrons. The Kier molecular flexibility index (Phi) is 9.52. The molecule has 1 saturated heterocycles. The summed E-state index contributed by atoms with van der Waals surface area (Å²) in [7, 11) is 0. The minimum Gasteiger partial charge on any atom is -0.633 e. The van der Waals surface area contributed by atoms with Crippen LogP contribution in [0.4, 0.5) is 0 Å². The van der Waals surface area contributed by atoms with Crippen molar-refractivity contribution >= 4 is 35.9 Å². The number of hydrogen-bond donors (Lipinski definition) is 1. The maximum atomic E-state index is 12.9. The molecule has 1 unspecified atom stereocenters. The first-order valence-corrected chi connectivity index (χ1v) is 12.0. The van der Waals surface area contributed by atoms with E-state index in [0.717, 1.165) is 19.5 Å². The lowest BCUT2D eigenvalue weighted by Gasteiger charge is -2.50. The summed E-state index contributed by atoms with van der Waals surface area (Å²) in [5.74, 6) is 0. The summed E-state index contributed by atoms with van der Waals surface area (Å²) < 4.78 is -0.160. The first kappa shape index (κ1) is 25.5.